The minimum absolute atomic E-state index is 0.0246. The molecule has 3 aromatic carbocycles. The van der Waals surface area contributed by atoms with Gasteiger partial charge in [-0.1, -0.05) is 67.1 Å². The van der Waals surface area contributed by atoms with Gasteiger partial charge in [-0.25, -0.2) is 0 Å². The smallest absolute Gasteiger partial charge is 0.271 e. The van der Waals surface area contributed by atoms with E-state index in [1.54, 1.807) is 0 Å². The Balaban J connectivity index is 1.67. The zero-order chi connectivity index (χ0) is 20.0. The van der Waals surface area contributed by atoms with Crippen molar-refractivity contribution in [2.75, 3.05) is 4.90 Å². The quantitative estimate of drug-likeness (QED) is 0.538. The first-order valence-corrected chi connectivity index (χ1v) is 10.9. The fourth-order valence-electron chi connectivity index (χ4n) is 4.56. The lowest BCUT2D eigenvalue weighted by atomic mass is 9.71. The minimum Gasteiger partial charge on any atom is -0.478 e. The molecule has 0 aliphatic carbocycles. The molecule has 3 nitrogen and oxygen atoms in total. The van der Waals surface area contributed by atoms with Gasteiger partial charge in [-0.2, -0.15) is 0 Å². The summed E-state index contributed by atoms with van der Waals surface area (Å²) < 4.78 is 6.34. The summed E-state index contributed by atoms with van der Waals surface area (Å²) in [7, 11) is 0. The molecule has 0 N–H and O–H groups in total. The summed E-state index contributed by atoms with van der Waals surface area (Å²) in [6, 6.07) is 26.4. The predicted octanol–water partition coefficient (Wildman–Crippen LogP) is 5.57. The number of hydrogen-bond acceptors (Lipinski definition) is 3. The van der Waals surface area contributed by atoms with E-state index in [0.29, 0.717) is 5.25 Å². The Hall–Kier alpha value is -2.72. The molecule has 2 aliphatic heterocycles. The maximum absolute atomic E-state index is 13.5. The fourth-order valence-corrected chi connectivity index (χ4v) is 5.77. The second-order valence-electron chi connectivity index (χ2n) is 7.88. The van der Waals surface area contributed by atoms with Crippen LogP contribution in [0.1, 0.15) is 24.5 Å². The normalized spacial score (nSPS) is 25.4. The number of rotatable bonds is 3. The van der Waals surface area contributed by atoms with E-state index in [1.807, 2.05) is 59.1 Å². The van der Waals surface area contributed by atoms with Crippen molar-refractivity contribution in [2.45, 2.75) is 42.1 Å². The van der Waals surface area contributed by atoms with Gasteiger partial charge in [0.15, 0.2) is 0 Å². The zero-order valence-electron chi connectivity index (χ0n) is 16.5. The predicted molar refractivity (Wildman–Crippen MR) is 118 cm³/mol. The molecule has 0 radical (unpaired) electrons. The molecular formula is C25H23NO2S. The van der Waals surface area contributed by atoms with Crippen molar-refractivity contribution in [3.8, 4) is 5.75 Å². The number of fused-ring (bicyclic) bond motifs is 3. The van der Waals surface area contributed by atoms with Crippen LogP contribution in [0.4, 0.5) is 5.69 Å². The average molecular weight is 402 g/mol. The molecule has 5 rings (SSSR count). The Morgan fingerprint density at radius 2 is 1.66 bits per heavy atom. The Kier molecular flexibility index (Phi) is 4.39. The van der Waals surface area contributed by atoms with Crippen molar-refractivity contribution in [1.82, 2.24) is 0 Å². The Bertz CT molecular complexity index is 1050. The maximum atomic E-state index is 13.5. The Labute approximate surface area is 175 Å². The lowest BCUT2D eigenvalue weighted by Gasteiger charge is -2.56. The highest BCUT2D eigenvalue weighted by atomic mass is 32.2. The minimum atomic E-state index is -0.540. The lowest BCUT2D eigenvalue weighted by Crippen LogP contribution is -2.74. The van der Waals surface area contributed by atoms with Crippen LogP contribution >= 0.6 is 11.8 Å². The van der Waals surface area contributed by atoms with Gasteiger partial charge in [-0.15, -0.1) is 11.8 Å². The molecule has 0 aromatic heterocycles. The first-order chi connectivity index (χ1) is 14.1. The van der Waals surface area contributed by atoms with Crippen molar-refractivity contribution < 1.29 is 9.53 Å². The number of anilines is 1. The van der Waals surface area contributed by atoms with Crippen LogP contribution in [-0.4, -0.2) is 17.3 Å². The molecule has 1 fully saturated rings. The van der Waals surface area contributed by atoms with Gasteiger partial charge in [-0.05, 0) is 43.2 Å². The number of hydrogen-bond donors (Lipinski definition) is 0. The van der Waals surface area contributed by atoms with Gasteiger partial charge in [0.25, 0.3) is 5.91 Å². The third-order valence-corrected chi connectivity index (χ3v) is 7.03. The highest BCUT2D eigenvalue weighted by Gasteiger charge is 2.65. The molecule has 29 heavy (non-hydrogen) atoms. The molecule has 2 aliphatic rings. The van der Waals surface area contributed by atoms with E-state index >= 15 is 0 Å². The topological polar surface area (TPSA) is 29.5 Å². The highest BCUT2D eigenvalue weighted by molar-refractivity contribution is 8.00. The third kappa shape index (κ3) is 2.85. The van der Waals surface area contributed by atoms with Gasteiger partial charge in [0, 0.05) is 10.1 Å². The summed E-state index contributed by atoms with van der Waals surface area (Å²) in [6.07, 6.45) is 0.292. The molecule has 2 heterocycles. The van der Waals surface area contributed by atoms with Crippen LogP contribution < -0.4 is 9.64 Å². The zero-order valence-corrected chi connectivity index (χ0v) is 17.4. The number of nitrogens with zero attached hydrogens (tertiary/aromatic N) is 1. The maximum Gasteiger partial charge on any atom is 0.271 e. The van der Waals surface area contributed by atoms with Crippen LogP contribution in [0.2, 0.25) is 0 Å². The van der Waals surface area contributed by atoms with Crippen molar-refractivity contribution in [3.05, 3.63) is 90.0 Å². The summed E-state index contributed by atoms with van der Waals surface area (Å²) in [5, 5.41) is 0.345. The summed E-state index contributed by atoms with van der Waals surface area (Å²) in [6.45, 7) is 4.33. The number of carbonyl (C=O) groups excluding carboxylic acids is 1. The number of aryl methyl sites for hydroxylation is 1. The van der Waals surface area contributed by atoms with Crippen LogP contribution in [0, 0.1) is 6.92 Å². The number of para-hydroxylation sites is 2. The second-order valence-corrected chi connectivity index (χ2v) is 9.36. The van der Waals surface area contributed by atoms with E-state index in [2.05, 4.69) is 50.2 Å². The molecule has 146 valence electrons. The van der Waals surface area contributed by atoms with Gasteiger partial charge < -0.3 is 4.74 Å². The van der Waals surface area contributed by atoms with Crippen LogP contribution in [0.25, 0.3) is 0 Å². The number of amides is 1. The fraction of sp³-hybridized carbons (Fsp3) is 0.240. The lowest BCUT2D eigenvalue weighted by molar-refractivity contribution is -0.142. The molecule has 0 unspecified atom stereocenters. The van der Waals surface area contributed by atoms with E-state index < -0.39 is 11.6 Å². The summed E-state index contributed by atoms with van der Waals surface area (Å²) >= 11 is 1.84. The van der Waals surface area contributed by atoms with Crippen LogP contribution in [0.5, 0.6) is 5.75 Å². The van der Waals surface area contributed by atoms with Crippen LogP contribution in [0.15, 0.2) is 83.8 Å². The molecule has 1 saturated heterocycles. The van der Waals surface area contributed by atoms with E-state index in [1.165, 1.54) is 5.56 Å². The molecule has 0 saturated carbocycles. The number of β-lactam (4-membered cyclic amide) rings is 1. The van der Waals surface area contributed by atoms with Crippen molar-refractivity contribution >= 4 is 23.4 Å². The average Bonchev–Trinajstić information content (AvgIpc) is 2.85. The van der Waals surface area contributed by atoms with Crippen LogP contribution in [0.3, 0.4) is 0 Å². The van der Waals surface area contributed by atoms with E-state index in [-0.39, 0.29) is 5.91 Å². The first kappa shape index (κ1) is 18.3. The number of ether oxygens (including phenoxy) is 1. The number of carbonyl (C=O) groups is 1. The van der Waals surface area contributed by atoms with Crippen molar-refractivity contribution in [1.29, 1.82) is 0 Å². The monoisotopic (exact) mass is 401 g/mol. The van der Waals surface area contributed by atoms with Gasteiger partial charge in [-0.3, -0.25) is 9.69 Å². The van der Waals surface area contributed by atoms with Gasteiger partial charge in [0.1, 0.15) is 11.3 Å². The molecule has 0 spiro atoms. The highest BCUT2D eigenvalue weighted by Crippen LogP contribution is 2.55. The van der Waals surface area contributed by atoms with E-state index in [9.17, 15) is 4.79 Å². The summed E-state index contributed by atoms with van der Waals surface area (Å²) in [5.41, 5.74) is 2.81. The third-order valence-electron chi connectivity index (χ3n) is 5.86. The largest absolute Gasteiger partial charge is 0.478 e. The SMILES string of the molecule is Cc1ccc([C@]23C[C@@H](C)Sc4ccccc4N2C(=O)[C@H]3Oc2ccccc2)cc1. The van der Waals surface area contributed by atoms with Gasteiger partial charge >= 0.3 is 0 Å². The molecule has 3 atom stereocenters. The molecule has 0 bridgehead atoms. The summed E-state index contributed by atoms with van der Waals surface area (Å²) in [5.74, 6) is 0.756. The molecule has 1 amide bonds. The Morgan fingerprint density at radius 3 is 2.41 bits per heavy atom. The Morgan fingerprint density at radius 1 is 0.966 bits per heavy atom. The standard InChI is InChI=1S/C25H23NO2S/c1-17-12-14-19(15-13-17)25-16-18(2)29-22-11-7-6-10-21(22)26(25)24(27)23(25)28-20-8-4-3-5-9-20/h3-15,18,23H,16H2,1-2H3/t18-,23-,25+/m1/s1. The van der Waals surface area contributed by atoms with E-state index in [4.69, 9.17) is 4.74 Å². The second kappa shape index (κ2) is 6.96. The first-order valence-electron chi connectivity index (χ1n) is 9.98. The molecule has 3 aromatic rings. The number of thioether (sulfide) groups is 1. The van der Waals surface area contributed by atoms with Gasteiger partial charge in [0.05, 0.1) is 5.69 Å². The number of benzene rings is 3. The molecule has 4 heteroatoms. The van der Waals surface area contributed by atoms with Crippen molar-refractivity contribution in [2.24, 2.45) is 0 Å². The summed E-state index contributed by atoms with van der Waals surface area (Å²) in [4.78, 5) is 16.6. The van der Waals surface area contributed by atoms with E-state index in [0.717, 1.165) is 28.3 Å². The molecular weight excluding hydrogens is 378 g/mol. The van der Waals surface area contributed by atoms with Crippen molar-refractivity contribution in [3.63, 3.8) is 0 Å². The van der Waals surface area contributed by atoms with Gasteiger partial charge in [0.2, 0.25) is 6.10 Å². The van der Waals surface area contributed by atoms with Crippen LogP contribution in [-0.2, 0) is 10.3 Å².